The molecule has 1 atom stereocenters. The molecule has 4 heterocycles. The Morgan fingerprint density at radius 1 is 1.19 bits per heavy atom. The molecule has 3 aromatic heterocycles. The van der Waals surface area contributed by atoms with Crippen LogP contribution in [0.5, 0.6) is 5.88 Å². The van der Waals surface area contributed by atoms with Gasteiger partial charge in [0, 0.05) is 36.3 Å². The van der Waals surface area contributed by atoms with Crippen LogP contribution in [0.3, 0.4) is 0 Å². The van der Waals surface area contributed by atoms with Gasteiger partial charge < -0.3 is 24.5 Å². The number of aromatic nitrogens is 3. The summed E-state index contributed by atoms with van der Waals surface area (Å²) in [5.74, 6) is 1.30. The Bertz CT molecular complexity index is 1240. The third-order valence-electron chi connectivity index (χ3n) is 6.13. The largest absolute Gasteiger partial charge is 0.473 e. The van der Waals surface area contributed by atoms with E-state index >= 15 is 0 Å². The highest BCUT2D eigenvalue weighted by atomic mass is 16.5. The average Bonchev–Trinajstić information content (AvgIpc) is 3.36. The van der Waals surface area contributed by atoms with Crippen molar-refractivity contribution in [1.29, 1.82) is 0 Å². The van der Waals surface area contributed by atoms with Crippen LogP contribution in [0.4, 0.5) is 5.69 Å². The minimum Gasteiger partial charge on any atom is -0.473 e. The minimum atomic E-state index is 0.136. The fourth-order valence-electron chi connectivity index (χ4n) is 4.45. The lowest BCUT2D eigenvalue weighted by molar-refractivity contribution is 0.0533. The molecule has 0 radical (unpaired) electrons. The number of rotatable bonds is 4. The topological polar surface area (TPSA) is 91.0 Å². The molecule has 0 unspecified atom stereocenters. The van der Waals surface area contributed by atoms with E-state index in [1.54, 1.807) is 10.7 Å². The Morgan fingerprint density at radius 3 is 2.94 bits per heavy atom. The molecule has 0 bridgehead atoms. The van der Waals surface area contributed by atoms with Crippen LogP contribution in [0.15, 0.2) is 47.0 Å². The van der Waals surface area contributed by atoms with Gasteiger partial charge in [0.15, 0.2) is 11.4 Å². The normalized spacial score (nSPS) is 23.9. The number of nitrogens with zero attached hydrogens (tertiary/aromatic N) is 4. The smallest absolute Gasteiger partial charge is 0.232 e. The Hall–Kier alpha value is -3.10. The lowest BCUT2D eigenvalue weighted by Crippen LogP contribution is -2.43. The van der Waals surface area contributed by atoms with Gasteiger partial charge in [0.2, 0.25) is 5.88 Å². The number of fused-ring (bicyclic) bond motifs is 2. The van der Waals surface area contributed by atoms with E-state index in [-0.39, 0.29) is 18.2 Å². The van der Waals surface area contributed by atoms with E-state index in [9.17, 15) is 0 Å². The first-order chi connectivity index (χ1) is 15.1. The molecule has 1 aliphatic carbocycles. The quantitative estimate of drug-likeness (QED) is 0.543. The molecule has 31 heavy (non-hydrogen) atoms. The lowest BCUT2D eigenvalue weighted by Gasteiger charge is -2.33. The van der Waals surface area contributed by atoms with E-state index in [4.69, 9.17) is 19.6 Å². The Balaban J connectivity index is 1.37. The molecule has 8 heteroatoms. The number of imidazole rings is 1. The first kappa shape index (κ1) is 18.7. The SMILES string of the molecule is C[C@@H]1CN(c2cccc3oc(-c4cnc5ccc(O[C@H]6C[C@H](N)C6)nn45)cc23)CCO1. The van der Waals surface area contributed by atoms with Gasteiger partial charge in [-0.15, -0.1) is 5.10 Å². The molecular formula is C23H25N5O3. The molecule has 0 amide bonds. The molecule has 2 fully saturated rings. The van der Waals surface area contributed by atoms with Gasteiger partial charge in [-0.3, -0.25) is 0 Å². The third-order valence-corrected chi connectivity index (χ3v) is 6.13. The summed E-state index contributed by atoms with van der Waals surface area (Å²) in [5.41, 5.74) is 9.42. The number of benzene rings is 1. The maximum atomic E-state index is 6.23. The number of ether oxygens (including phenoxy) is 2. The zero-order chi connectivity index (χ0) is 20.9. The number of hydrogen-bond donors (Lipinski definition) is 1. The van der Waals surface area contributed by atoms with Gasteiger partial charge in [0.05, 0.1) is 18.9 Å². The van der Waals surface area contributed by atoms with Crippen LogP contribution < -0.4 is 15.4 Å². The Kier molecular flexibility index (Phi) is 4.36. The summed E-state index contributed by atoms with van der Waals surface area (Å²) in [6, 6.07) is 12.2. The number of anilines is 1. The zero-order valence-corrected chi connectivity index (χ0v) is 17.4. The van der Waals surface area contributed by atoms with E-state index in [1.807, 2.05) is 24.3 Å². The van der Waals surface area contributed by atoms with Gasteiger partial charge in [0.25, 0.3) is 0 Å². The molecule has 0 spiro atoms. The van der Waals surface area contributed by atoms with Crippen LogP contribution in [-0.2, 0) is 4.74 Å². The van der Waals surface area contributed by atoms with Crippen molar-refractivity contribution in [2.24, 2.45) is 5.73 Å². The maximum Gasteiger partial charge on any atom is 0.232 e. The van der Waals surface area contributed by atoms with E-state index in [2.05, 4.69) is 34.0 Å². The second kappa shape index (κ2) is 7.25. The molecule has 160 valence electrons. The highest BCUT2D eigenvalue weighted by molar-refractivity contribution is 5.94. The summed E-state index contributed by atoms with van der Waals surface area (Å²) in [4.78, 5) is 6.85. The molecule has 2 aliphatic rings. The van der Waals surface area contributed by atoms with Crippen LogP contribution in [-0.4, -0.2) is 52.5 Å². The van der Waals surface area contributed by atoms with Crippen molar-refractivity contribution in [2.45, 2.75) is 38.0 Å². The average molecular weight is 419 g/mol. The summed E-state index contributed by atoms with van der Waals surface area (Å²) >= 11 is 0. The molecule has 6 rings (SSSR count). The Morgan fingerprint density at radius 2 is 2.10 bits per heavy atom. The van der Waals surface area contributed by atoms with E-state index < -0.39 is 0 Å². The standard InChI is InChI=1S/C23H25N5O3/c1-14-13-27(7-8-29-14)18-3-2-4-20-17(18)11-21(31-20)19-12-25-22-5-6-23(26-28(19)22)30-16-9-15(24)10-16/h2-6,11-12,14-16H,7-10,13,24H2,1H3/t14-,15-,16-/m1/s1. The van der Waals surface area contributed by atoms with Crippen molar-refractivity contribution < 1.29 is 13.9 Å². The van der Waals surface area contributed by atoms with E-state index in [0.29, 0.717) is 5.88 Å². The fourth-order valence-corrected chi connectivity index (χ4v) is 4.45. The monoisotopic (exact) mass is 419 g/mol. The molecule has 4 aromatic rings. The van der Waals surface area contributed by atoms with Gasteiger partial charge in [0.1, 0.15) is 17.4 Å². The molecule has 1 aromatic carbocycles. The molecule has 2 N–H and O–H groups in total. The number of hydrogen-bond acceptors (Lipinski definition) is 7. The highest BCUT2D eigenvalue weighted by Gasteiger charge is 2.28. The van der Waals surface area contributed by atoms with Crippen molar-refractivity contribution in [3.8, 4) is 17.3 Å². The highest BCUT2D eigenvalue weighted by Crippen LogP contribution is 2.35. The summed E-state index contributed by atoms with van der Waals surface area (Å²) in [7, 11) is 0. The molecule has 8 nitrogen and oxygen atoms in total. The molecule has 1 saturated carbocycles. The van der Waals surface area contributed by atoms with Gasteiger partial charge in [-0.05, 0) is 44.0 Å². The van der Waals surface area contributed by atoms with Crippen LogP contribution >= 0.6 is 0 Å². The summed E-state index contributed by atoms with van der Waals surface area (Å²) in [6.45, 7) is 4.57. The van der Waals surface area contributed by atoms with E-state index in [0.717, 1.165) is 66.3 Å². The number of morpholine rings is 1. The van der Waals surface area contributed by atoms with Crippen LogP contribution in [0.2, 0.25) is 0 Å². The predicted molar refractivity (Wildman–Crippen MR) is 117 cm³/mol. The second-order valence-electron chi connectivity index (χ2n) is 8.48. The first-order valence-corrected chi connectivity index (χ1v) is 10.8. The third kappa shape index (κ3) is 3.32. The second-order valence-corrected chi connectivity index (χ2v) is 8.48. The van der Waals surface area contributed by atoms with Crippen molar-refractivity contribution in [3.05, 3.63) is 42.6 Å². The fraction of sp³-hybridized carbons (Fsp3) is 0.391. The van der Waals surface area contributed by atoms with Gasteiger partial charge in [-0.25, -0.2) is 9.50 Å². The molecule has 1 saturated heterocycles. The summed E-state index contributed by atoms with van der Waals surface area (Å²) in [6.07, 6.45) is 3.87. The van der Waals surface area contributed by atoms with Crippen LogP contribution in [0.25, 0.3) is 28.1 Å². The first-order valence-electron chi connectivity index (χ1n) is 10.8. The van der Waals surface area contributed by atoms with E-state index in [1.165, 1.54) is 0 Å². The maximum absolute atomic E-state index is 6.23. The minimum absolute atomic E-state index is 0.136. The molecular weight excluding hydrogens is 394 g/mol. The number of nitrogens with two attached hydrogens (primary N) is 1. The summed E-state index contributed by atoms with van der Waals surface area (Å²) < 4.78 is 19.7. The predicted octanol–water partition coefficient (Wildman–Crippen LogP) is 3.24. The Labute approximate surface area is 179 Å². The van der Waals surface area contributed by atoms with Crippen molar-refractivity contribution >= 4 is 22.3 Å². The molecule has 1 aliphatic heterocycles. The lowest BCUT2D eigenvalue weighted by atomic mass is 9.90. The van der Waals surface area contributed by atoms with Gasteiger partial charge >= 0.3 is 0 Å². The zero-order valence-electron chi connectivity index (χ0n) is 17.4. The van der Waals surface area contributed by atoms with Crippen molar-refractivity contribution in [3.63, 3.8) is 0 Å². The van der Waals surface area contributed by atoms with Crippen molar-refractivity contribution in [1.82, 2.24) is 14.6 Å². The number of furan rings is 1. The summed E-state index contributed by atoms with van der Waals surface area (Å²) in [5, 5.41) is 5.74. The van der Waals surface area contributed by atoms with Gasteiger partial charge in [-0.1, -0.05) is 6.07 Å². The van der Waals surface area contributed by atoms with Gasteiger partial charge in [-0.2, -0.15) is 0 Å². The van der Waals surface area contributed by atoms with Crippen LogP contribution in [0.1, 0.15) is 19.8 Å². The van der Waals surface area contributed by atoms with Crippen LogP contribution in [0, 0.1) is 0 Å². The van der Waals surface area contributed by atoms with Crippen molar-refractivity contribution in [2.75, 3.05) is 24.6 Å².